The number of carboxylic acid groups (broad SMARTS) is 1. The molecule has 0 bridgehead atoms. The van der Waals surface area contributed by atoms with E-state index in [2.05, 4.69) is 17.2 Å². The van der Waals surface area contributed by atoms with Crippen LogP contribution < -0.4 is 10.6 Å². The molecule has 0 spiro atoms. The Morgan fingerprint density at radius 2 is 2.28 bits per heavy atom. The van der Waals surface area contributed by atoms with Crippen molar-refractivity contribution in [3.8, 4) is 0 Å². The highest BCUT2D eigenvalue weighted by Crippen LogP contribution is 2.18. The standard InChI is InChI=1S/C12H16N2O3S/c1-3-5-8(2)13-12(17)14-10(11(15)16)9-6-4-7-18-9/h3-4,6-8,10H,1,5H2,2H3,(H,15,16)(H2,13,14,17). The number of urea groups is 1. The Kier molecular flexibility index (Phi) is 5.38. The number of hydrogen-bond donors (Lipinski definition) is 3. The highest BCUT2D eigenvalue weighted by atomic mass is 32.1. The van der Waals surface area contributed by atoms with Gasteiger partial charge in [0.2, 0.25) is 0 Å². The second-order valence-electron chi connectivity index (χ2n) is 3.83. The van der Waals surface area contributed by atoms with E-state index in [9.17, 15) is 9.59 Å². The summed E-state index contributed by atoms with van der Waals surface area (Å²) in [6, 6.07) is 1.83. The van der Waals surface area contributed by atoms with Crippen molar-refractivity contribution in [1.82, 2.24) is 10.6 Å². The Labute approximate surface area is 110 Å². The quantitative estimate of drug-likeness (QED) is 0.692. The van der Waals surface area contributed by atoms with E-state index in [0.717, 1.165) is 0 Å². The first-order valence-electron chi connectivity index (χ1n) is 5.48. The summed E-state index contributed by atoms with van der Waals surface area (Å²) in [7, 11) is 0. The van der Waals surface area contributed by atoms with Crippen LogP contribution in [0.15, 0.2) is 30.2 Å². The third-order valence-electron chi connectivity index (χ3n) is 2.25. The van der Waals surface area contributed by atoms with E-state index in [-0.39, 0.29) is 6.04 Å². The van der Waals surface area contributed by atoms with Gasteiger partial charge in [-0.3, -0.25) is 0 Å². The van der Waals surface area contributed by atoms with Crippen LogP contribution in [0.4, 0.5) is 4.79 Å². The van der Waals surface area contributed by atoms with E-state index in [1.165, 1.54) is 11.3 Å². The van der Waals surface area contributed by atoms with E-state index in [1.54, 1.807) is 23.6 Å². The molecule has 2 unspecified atom stereocenters. The normalized spacial score (nSPS) is 13.4. The van der Waals surface area contributed by atoms with E-state index in [4.69, 9.17) is 5.11 Å². The molecular weight excluding hydrogens is 252 g/mol. The van der Waals surface area contributed by atoms with Gasteiger partial charge in [-0.1, -0.05) is 12.1 Å². The monoisotopic (exact) mass is 268 g/mol. The van der Waals surface area contributed by atoms with Gasteiger partial charge in [-0.15, -0.1) is 17.9 Å². The second kappa shape index (κ2) is 6.80. The minimum absolute atomic E-state index is 0.0831. The summed E-state index contributed by atoms with van der Waals surface area (Å²) in [5.74, 6) is -1.08. The van der Waals surface area contributed by atoms with Gasteiger partial charge in [0, 0.05) is 10.9 Å². The fraction of sp³-hybridized carbons (Fsp3) is 0.333. The van der Waals surface area contributed by atoms with Gasteiger partial charge in [0.25, 0.3) is 0 Å². The predicted molar refractivity (Wildman–Crippen MR) is 70.6 cm³/mol. The topological polar surface area (TPSA) is 78.4 Å². The Balaban J connectivity index is 2.60. The Hall–Kier alpha value is -1.82. The van der Waals surface area contributed by atoms with Crippen molar-refractivity contribution in [3.05, 3.63) is 35.0 Å². The van der Waals surface area contributed by atoms with Crippen LogP contribution in [0.3, 0.4) is 0 Å². The molecule has 2 amide bonds. The first kappa shape index (κ1) is 14.2. The van der Waals surface area contributed by atoms with Crippen LogP contribution in [0.2, 0.25) is 0 Å². The van der Waals surface area contributed by atoms with Crippen molar-refractivity contribution in [1.29, 1.82) is 0 Å². The van der Waals surface area contributed by atoms with Crippen LogP contribution in [0.1, 0.15) is 24.3 Å². The van der Waals surface area contributed by atoms with Gasteiger partial charge in [-0.05, 0) is 24.8 Å². The lowest BCUT2D eigenvalue weighted by molar-refractivity contribution is -0.139. The zero-order valence-electron chi connectivity index (χ0n) is 10.1. The third-order valence-corrected chi connectivity index (χ3v) is 3.18. The molecule has 98 valence electrons. The van der Waals surface area contributed by atoms with Crippen molar-refractivity contribution in [3.63, 3.8) is 0 Å². The minimum Gasteiger partial charge on any atom is -0.479 e. The lowest BCUT2D eigenvalue weighted by atomic mass is 10.2. The third kappa shape index (κ3) is 4.21. The summed E-state index contributed by atoms with van der Waals surface area (Å²) in [5, 5.41) is 15.9. The molecule has 2 atom stereocenters. The summed E-state index contributed by atoms with van der Waals surface area (Å²) in [4.78, 5) is 23.3. The average Bonchev–Trinajstić information content (AvgIpc) is 2.78. The molecule has 1 aromatic heterocycles. The molecule has 0 aliphatic rings. The number of carbonyl (C=O) groups excluding carboxylic acids is 1. The maximum atomic E-state index is 11.6. The van der Waals surface area contributed by atoms with Gasteiger partial charge in [0.05, 0.1) is 0 Å². The first-order valence-corrected chi connectivity index (χ1v) is 6.36. The van der Waals surface area contributed by atoms with E-state index in [0.29, 0.717) is 11.3 Å². The Morgan fingerprint density at radius 1 is 1.56 bits per heavy atom. The fourth-order valence-electron chi connectivity index (χ4n) is 1.42. The summed E-state index contributed by atoms with van der Waals surface area (Å²) in [6.07, 6.45) is 2.32. The molecule has 1 heterocycles. The second-order valence-corrected chi connectivity index (χ2v) is 4.81. The van der Waals surface area contributed by atoms with Crippen molar-refractivity contribution in [2.75, 3.05) is 0 Å². The van der Waals surface area contributed by atoms with Crippen molar-refractivity contribution in [2.24, 2.45) is 0 Å². The fourth-order valence-corrected chi connectivity index (χ4v) is 2.18. The van der Waals surface area contributed by atoms with Gasteiger partial charge < -0.3 is 15.7 Å². The van der Waals surface area contributed by atoms with Gasteiger partial charge in [0.15, 0.2) is 6.04 Å². The van der Waals surface area contributed by atoms with Crippen LogP contribution in [0, 0.1) is 0 Å². The van der Waals surface area contributed by atoms with Crippen LogP contribution in [-0.2, 0) is 4.79 Å². The molecule has 3 N–H and O–H groups in total. The molecule has 5 nitrogen and oxygen atoms in total. The van der Waals surface area contributed by atoms with Crippen molar-refractivity contribution >= 4 is 23.3 Å². The van der Waals surface area contributed by atoms with Crippen LogP contribution >= 0.6 is 11.3 Å². The molecule has 0 aromatic carbocycles. The molecule has 0 fully saturated rings. The molecule has 0 aliphatic heterocycles. The molecule has 6 heteroatoms. The molecule has 1 rings (SSSR count). The van der Waals surface area contributed by atoms with Crippen molar-refractivity contribution < 1.29 is 14.7 Å². The number of rotatable bonds is 6. The van der Waals surface area contributed by atoms with Crippen LogP contribution in [-0.4, -0.2) is 23.1 Å². The molecule has 18 heavy (non-hydrogen) atoms. The number of amides is 2. The van der Waals surface area contributed by atoms with Gasteiger partial charge in [-0.25, -0.2) is 9.59 Å². The lowest BCUT2D eigenvalue weighted by Crippen LogP contribution is -2.44. The van der Waals surface area contributed by atoms with E-state index < -0.39 is 18.0 Å². The number of nitrogens with one attached hydrogen (secondary N) is 2. The molecule has 0 saturated heterocycles. The Bertz CT molecular complexity index is 417. The van der Waals surface area contributed by atoms with Gasteiger partial charge >= 0.3 is 12.0 Å². The zero-order chi connectivity index (χ0) is 13.5. The maximum absolute atomic E-state index is 11.6. The largest absolute Gasteiger partial charge is 0.479 e. The number of hydrogen-bond acceptors (Lipinski definition) is 3. The molecule has 0 saturated carbocycles. The van der Waals surface area contributed by atoms with Crippen molar-refractivity contribution in [2.45, 2.75) is 25.4 Å². The van der Waals surface area contributed by atoms with E-state index >= 15 is 0 Å². The lowest BCUT2D eigenvalue weighted by Gasteiger charge is -2.16. The predicted octanol–water partition coefficient (Wildman–Crippen LogP) is 2.14. The Morgan fingerprint density at radius 3 is 2.78 bits per heavy atom. The van der Waals surface area contributed by atoms with E-state index in [1.807, 2.05) is 6.92 Å². The number of carboxylic acids is 1. The highest BCUT2D eigenvalue weighted by molar-refractivity contribution is 7.10. The van der Waals surface area contributed by atoms with Gasteiger partial charge in [-0.2, -0.15) is 0 Å². The van der Waals surface area contributed by atoms with Crippen LogP contribution in [0.25, 0.3) is 0 Å². The zero-order valence-corrected chi connectivity index (χ0v) is 10.9. The average molecular weight is 268 g/mol. The van der Waals surface area contributed by atoms with Crippen LogP contribution in [0.5, 0.6) is 0 Å². The van der Waals surface area contributed by atoms with Gasteiger partial charge in [0.1, 0.15) is 0 Å². The molecular formula is C12H16N2O3S. The first-order chi connectivity index (χ1) is 8.54. The molecule has 0 radical (unpaired) electrons. The summed E-state index contributed by atoms with van der Waals surface area (Å²) in [5.41, 5.74) is 0. The number of aliphatic carboxylic acids is 1. The maximum Gasteiger partial charge on any atom is 0.331 e. The summed E-state index contributed by atoms with van der Waals surface area (Å²) in [6.45, 7) is 5.40. The molecule has 0 aliphatic carbocycles. The highest BCUT2D eigenvalue weighted by Gasteiger charge is 2.23. The number of thiophene rings is 1. The smallest absolute Gasteiger partial charge is 0.331 e. The summed E-state index contributed by atoms with van der Waals surface area (Å²) < 4.78 is 0. The number of carbonyl (C=O) groups is 2. The SMILES string of the molecule is C=CCC(C)NC(=O)NC(C(=O)O)c1cccs1. The molecule has 1 aromatic rings. The summed E-state index contributed by atoms with van der Waals surface area (Å²) >= 11 is 1.29. The minimum atomic E-state index is -1.08.